The molecule has 0 unspecified atom stereocenters. The molecule has 2 heterocycles. The summed E-state index contributed by atoms with van der Waals surface area (Å²) in [6, 6.07) is 26.9. The number of benzene rings is 4. The normalized spacial score (nSPS) is 14.2. The van der Waals surface area contributed by atoms with Crippen LogP contribution in [0.2, 0.25) is 0 Å². The molecule has 0 saturated carbocycles. The molecule has 0 spiro atoms. The first-order valence-corrected chi connectivity index (χ1v) is 18.2. The van der Waals surface area contributed by atoms with Crippen molar-refractivity contribution in [2.75, 3.05) is 13.7 Å². The van der Waals surface area contributed by atoms with Gasteiger partial charge in [0.25, 0.3) is 5.56 Å². The van der Waals surface area contributed by atoms with E-state index in [1.165, 1.54) is 24.5 Å². The Balaban J connectivity index is 1.47. The lowest BCUT2D eigenvalue weighted by atomic mass is 9.91. The van der Waals surface area contributed by atoms with Gasteiger partial charge in [0.2, 0.25) is 0 Å². The highest BCUT2D eigenvalue weighted by Crippen LogP contribution is 2.37. The minimum Gasteiger partial charge on any atom is -0.493 e. The fourth-order valence-corrected chi connectivity index (χ4v) is 7.67. The van der Waals surface area contributed by atoms with E-state index in [-0.39, 0.29) is 24.3 Å². The van der Waals surface area contributed by atoms with E-state index in [1.54, 1.807) is 41.8 Å². The summed E-state index contributed by atoms with van der Waals surface area (Å²) in [6.45, 7) is 6.29. The second-order valence-corrected chi connectivity index (χ2v) is 14.3. The fraction of sp³-hybridized carbons (Fsp3) is 0.200. The zero-order chi connectivity index (χ0) is 36.2. The molecule has 0 fully saturated rings. The van der Waals surface area contributed by atoms with E-state index in [9.17, 15) is 19.5 Å². The van der Waals surface area contributed by atoms with Gasteiger partial charge in [0.1, 0.15) is 6.61 Å². The molecule has 1 N–H and O–H groups in total. The minimum atomic E-state index is -1.01. The summed E-state index contributed by atoms with van der Waals surface area (Å²) in [5, 5.41) is 9.35. The van der Waals surface area contributed by atoms with Gasteiger partial charge in [-0.3, -0.25) is 9.36 Å². The van der Waals surface area contributed by atoms with Crippen LogP contribution in [-0.4, -0.2) is 35.3 Å². The van der Waals surface area contributed by atoms with Gasteiger partial charge in [-0.05, 0) is 88.0 Å². The molecule has 9 nitrogen and oxygen atoms in total. The first kappa shape index (κ1) is 35.8. The number of thiazole rings is 1. The van der Waals surface area contributed by atoms with E-state index in [4.69, 9.17) is 19.2 Å². The number of methoxy groups -OCH3 is 1. The van der Waals surface area contributed by atoms with Crippen LogP contribution in [0, 0.1) is 3.57 Å². The molecule has 11 heteroatoms. The molecule has 51 heavy (non-hydrogen) atoms. The largest absolute Gasteiger partial charge is 0.493 e. The molecule has 0 radical (unpaired) electrons. The number of fused-ring (bicyclic) bond motifs is 1. The molecule has 5 aromatic rings. The van der Waals surface area contributed by atoms with Crippen molar-refractivity contribution in [2.45, 2.75) is 39.3 Å². The van der Waals surface area contributed by atoms with Gasteiger partial charge in [-0.1, -0.05) is 91.9 Å². The van der Waals surface area contributed by atoms with Crippen molar-refractivity contribution in [3.8, 4) is 11.5 Å². The number of hydrogen-bond donors (Lipinski definition) is 1. The van der Waals surface area contributed by atoms with Crippen molar-refractivity contribution < 1.29 is 28.9 Å². The Morgan fingerprint density at radius 3 is 2.43 bits per heavy atom. The fourth-order valence-electron chi connectivity index (χ4n) is 5.88. The third kappa shape index (κ3) is 7.54. The third-order valence-corrected chi connectivity index (χ3v) is 10.2. The molecule has 0 amide bonds. The van der Waals surface area contributed by atoms with Gasteiger partial charge in [-0.2, -0.15) is 0 Å². The second kappa shape index (κ2) is 15.5. The van der Waals surface area contributed by atoms with Gasteiger partial charge in [0, 0.05) is 5.56 Å². The molecule has 1 aliphatic heterocycles. The molecule has 0 bridgehead atoms. The number of carboxylic acids is 1. The molecule has 1 atom stereocenters. The van der Waals surface area contributed by atoms with E-state index in [0.29, 0.717) is 49.1 Å². The number of nitrogens with zero attached hydrogens (tertiary/aromatic N) is 2. The SMILES string of the molecule is CCOC(=O)C1=C(c2ccccc2)N=c2s/c(=C\c3cc(I)c(OCc4cccc(C(=O)O)c4)c(OC)c3)c(=O)n2[C@H]1c1ccc(C(C)C)cc1. The van der Waals surface area contributed by atoms with E-state index >= 15 is 0 Å². The average molecular weight is 815 g/mol. The zero-order valence-electron chi connectivity index (χ0n) is 28.4. The minimum absolute atomic E-state index is 0.135. The molecular formula is C40H35IN2O7S. The van der Waals surface area contributed by atoms with Gasteiger partial charge < -0.3 is 19.3 Å². The maximum atomic E-state index is 14.4. The van der Waals surface area contributed by atoms with Crippen LogP contribution in [-0.2, 0) is 16.1 Å². The van der Waals surface area contributed by atoms with Crippen molar-refractivity contribution in [3.63, 3.8) is 0 Å². The topological polar surface area (TPSA) is 116 Å². The van der Waals surface area contributed by atoms with Crippen molar-refractivity contribution >= 4 is 57.6 Å². The lowest BCUT2D eigenvalue weighted by Gasteiger charge is -2.26. The molecule has 0 aliphatic carbocycles. The van der Waals surface area contributed by atoms with Crippen LogP contribution in [0.5, 0.6) is 11.5 Å². The Hall–Kier alpha value is -5.01. The summed E-state index contributed by atoms with van der Waals surface area (Å²) < 4.78 is 20.1. The van der Waals surface area contributed by atoms with Gasteiger partial charge in [-0.15, -0.1) is 0 Å². The van der Waals surface area contributed by atoms with Crippen LogP contribution >= 0.6 is 33.9 Å². The highest BCUT2D eigenvalue weighted by atomic mass is 127. The van der Waals surface area contributed by atoms with Crippen LogP contribution in [0.1, 0.15) is 70.9 Å². The molecule has 1 aromatic heterocycles. The predicted octanol–water partition coefficient (Wildman–Crippen LogP) is 6.95. The Bertz CT molecular complexity index is 2330. The lowest BCUT2D eigenvalue weighted by Crippen LogP contribution is -2.40. The standard InChI is InChI=1S/C40H35IN2O7S/c1-5-49-39(47)33-34(27-11-7-6-8-12-27)42-40-43(35(33)28-16-14-26(15-17-28)23(2)3)37(44)32(51-40)21-25-19-30(41)36(31(20-25)48-4)50-22-24-10-9-13-29(18-24)38(45)46/h6-21,23,35H,5,22H2,1-4H3,(H,45,46)/b32-21-/t35-/m0/s1. The van der Waals surface area contributed by atoms with Gasteiger partial charge in [-0.25, -0.2) is 14.6 Å². The van der Waals surface area contributed by atoms with Crippen LogP contribution in [0.15, 0.2) is 106 Å². The van der Waals surface area contributed by atoms with Crippen LogP contribution in [0.3, 0.4) is 0 Å². The van der Waals surface area contributed by atoms with E-state index in [2.05, 4.69) is 36.4 Å². The van der Waals surface area contributed by atoms with Crippen LogP contribution in [0.25, 0.3) is 11.8 Å². The Morgan fingerprint density at radius 2 is 1.76 bits per heavy atom. The zero-order valence-corrected chi connectivity index (χ0v) is 31.4. The smallest absolute Gasteiger partial charge is 0.338 e. The monoisotopic (exact) mass is 814 g/mol. The summed E-state index contributed by atoms with van der Waals surface area (Å²) in [5.41, 5.74) is 4.69. The number of aromatic nitrogens is 1. The first-order valence-electron chi connectivity index (χ1n) is 16.3. The number of halogens is 1. The average Bonchev–Trinajstić information content (AvgIpc) is 3.44. The Kier molecular flexibility index (Phi) is 10.9. The molecule has 4 aromatic carbocycles. The van der Waals surface area contributed by atoms with Gasteiger partial charge >= 0.3 is 11.9 Å². The Labute approximate surface area is 312 Å². The van der Waals surface area contributed by atoms with Crippen molar-refractivity contribution in [2.24, 2.45) is 4.99 Å². The van der Waals surface area contributed by atoms with Crippen molar-refractivity contribution in [1.82, 2.24) is 4.57 Å². The second-order valence-electron chi connectivity index (χ2n) is 12.1. The van der Waals surface area contributed by atoms with E-state index in [1.807, 2.05) is 60.7 Å². The van der Waals surface area contributed by atoms with Crippen molar-refractivity contribution in [1.29, 1.82) is 0 Å². The Morgan fingerprint density at radius 1 is 1.02 bits per heavy atom. The lowest BCUT2D eigenvalue weighted by molar-refractivity contribution is -0.138. The number of carbonyl (C=O) groups excluding carboxylic acids is 1. The maximum absolute atomic E-state index is 14.4. The number of carbonyl (C=O) groups is 2. The summed E-state index contributed by atoms with van der Waals surface area (Å²) in [5.74, 6) is -0.289. The van der Waals surface area contributed by atoms with E-state index in [0.717, 1.165) is 20.3 Å². The summed E-state index contributed by atoms with van der Waals surface area (Å²) in [6.07, 6.45) is 1.78. The first-order chi connectivity index (χ1) is 24.6. The number of esters is 1. The van der Waals surface area contributed by atoms with Crippen molar-refractivity contribution in [3.05, 3.63) is 153 Å². The van der Waals surface area contributed by atoms with Gasteiger partial charge in [0.05, 0.1) is 44.7 Å². The summed E-state index contributed by atoms with van der Waals surface area (Å²) >= 11 is 3.40. The molecule has 6 rings (SSSR count). The number of carboxylic acid groups (broad SMARTS) is 1. The van der Waals surface area contributed by atoms with Crippen LogP contribution < -0.4 is 24.4 Å². The third-order valence-electron chi connectivity index (χ3n) is 8.40. The predicted molar refractivity (Wildman–Crippen MR) is 205 cm³/mol. The molecule has 1 aliphatic rings. The number of hydrogen-bond acceptors (Lipinski definition) is 8. The molecule has 260 valence electrons. The van der Waals surface area contributed by atoms with Crippen LogP contribution in [0.4, 0.5) is 0 Å². The number of ether oxygens (including phenoxy) is 3. The maximum Gasteiger partial charge on any atom is 0.338 e. The van der Waals surface area contributed by atoms with E-state index < -0.39 is 18.0 Å². The van der Waals surface area contributed by atoms with Gasteiger partial charge in [0.15, 0.2) is 16.3 Å². The summed E-state index contributed by atoms with van der Waals surface area (Å²) in [7, 11) is 1.54. The molecular weight excluding hydrogens is 779 g/mol. The number of aromatic carboxylic acids is 1. The highest BCUT2D eigenvalue weighted by molar-refractivity contribution is 14.1. The highest BCUT2D eigenvalue weighted by Gasteiger charge is 2.35. The quantitative estimate of drug-likeness (QED) is 0.113. The summed E-state index contributed by atoms with van der Waals surface area (Å²) in [4.78, 5) is 45.0. The molecule has 0 saturated heterocycles. The number of rotatable bonds is 11.